The van der Waals surface area contributed by atoms with Gasteiger partial charge < -0.3 is 0 Å². The number of hydrogen-bond acceptors (Lipinski definition) is 6. The van der Waals surface area contributed by atoms with E-state index in [0.29, 0.717) is 33.4 Å². The van der Waals surface area contributed by atoms with Gasteiger partial charge in [-0.3, -0.25) is 43.5 Å². The molecule has 0 aromatic heterocycles. The van der Waals surface area contributed by atoms with Crippen molar-refractivity contribution in [1.29, 1.82) is 0 Å². The highest BCUT2D eigenvalue weighted by Crippen LogP contribution is 2.48. The Bertz CT molecular complexity index is 6100. The van der Waals surface area contributed by atoms with Crippen LogP contribution < -0.4 is 0 Å². The van der Waals surface area contributed by atoms with E-state index in [4.69, 9.17) is 0 Å². The highest BCUT2D eigenvalue weighted by atomic mass is 16.2. The van der Waals surface area contributed by atoms with Gasteiger partial charge in [-0.2, -0.15) is 0 Å². The van der Waals surface area contributed by atoms with E-state index in [2.05, 4.69) is 176 Å². The minimum Gasteiger partial charge on any atom is -0.277 e. The monoisotopic (exact) mass is 1290 g/mol. The van der Waals surface area contributed by atoms with E-state index in [1.807, 2.05) is 115 Å². The summed E-state index contributed by atoms with van der Waals surface area (Å²) in [6.45, 7) is 0. The van der Waals surface area contributed by atoms with Crippen LogP contribution in [0.3, 0.4) is 0 Å². The fourth-order valence-electron chi connectivity index (χ4n) is 15.3. The second-order valence-corrected chi connectivity index (χ2v) is 25.6. The van der Waals surface area contributed by atoms with Gasteiger partial charge in [0.15, 0.2) is 0 Å². The van der Waals surface area contributed by atoms with Crippen LogP contribution in [-0.4, -0.2) is 71.3 Å². The minimum absolute atomic E-state index is 0.253. The zero-order valence-electron chi connectivity index (χ0n) is 54.7. The Kier molecular flexibility index (Phi) is 14.6. The lowest BCUT2D eigenvalue weighted by molar-refractivity contribution is 0.0635. The van der Waals surface area contributed by atoms with E-state index in [1.165, 1.54) is 83.7 Å². The van der Waals surface area contributed by atoms with Gasteiger partial charge in [-0.1, -0.05) is 255 Å². The summed E-state index contributed by atoms with van der Waals surface area (Å²) in [6, 6.07) is 103. The number of hydrogen-bond donors (Lipinski definition) is 0. The maximum Gasteiger partial charge on any atom is 0.261 e. The summed E-state index contributed by atoms with van der Waals surface area (Å²) >= 11 is 0. The Morgan fingerprint density at radius 1 is 0.180 bits per heavy atom. The minimum atomic E-state index is -0.260. The predicted molar refractivity (Wildman–Crippen MR) is 404 cm³/mol. The normalized spacial score (nSPS) is 13.2. The first-order valence-corrected chi connectivity index (χ1v) is 33.2. The summed E-state index contributed by atoms with van der Waals surface area (Å²) in [5, 5.41) is 14.3. The molecule has 0 atom stereocenters. The second-order valence-electron chi connectivity index (χ2n) is 25.6. The molecule has 0 saturated carbocycles. The van der Waals surface area contributed by atoms with Crippen molar-refractivity contribution in [3.05, 3.63) is 337 Å². The molecular formula is C91H59N3O6. The molecule has 0 saturated heterocycles. The third-order valence-corrected chi connectivity index (χ3v) is 20.2. The van der Waals surface area contributed by atoms with Crippen LogP contribution in [0.1, 0.15) is 62.1 Å². The first-order chi connectivity index (χ1) is 48.9. The quantitative estimate of drug-likeness (QED) is 0.121. The maximum atomic E-state index is 13.0. The van der Waals surface area contributed by atoms with Crippen LogP contribution in [0.15, 0.2) is 303 Å². The molecule has 16 aromatic rings. The van der Waals surface area contributed by atoms with Crippen LogP contribution in [-0.2, 0) is 0 Å². The van der Waals surface area contributed by atoms with Crippen LogP contribution in [0.5, 0.6) is 0 Å². The number of rotatable bonds is 6. The highest BCUT2D eigenvalue weighted by molar-refractivity contribution is 6.31. The average molecular weight is 1290 g/mol. The number of fused-ring (bicyclic) bond motifs is 4. The average Bonchev–Trinajstić information content (AvgIpc) is 0.759. The predicted octanol–water partition coefficient (Wildman–Crippen LogP) is 20.8. The molecular weight excluding hydrogens is 1230 g/mol. The van der Waals surface area contributed by atoms with E-state index in [-0.39, 0.29) is 35.4 Å². The molecule has 0 N–H and O–H groups in total. The molecule has 0 aliphatic carbocycles. The van der Waals surface area contributed by atoms with Crippen molar-refractivity contribution >= 4 is 111 Å². The first kappa shape index (κ1) is 60.4. The van der Waals surface area contributed by atoms with Gasteiger partial charge in [-0.05, 0) is 175 Å². The summed E-state index contributed by atoms with van der Waals surface area (Å²) in [5.41, 5.74) is 16.9. The number of nitrogens with zero attached hydrogens (tertiary/aromatic N) is 3. The third kappa shape index (κ3) is 9.69. The molecule has 100 heavy (non-hydrogen) atoms. The summed E-state index contributed by atoms with van der Waals surface area (Å²) in [5.74, 6) is -1.53. The van der Waals surface area contributed by atoms with Crippen molar-refractivity contribution in [3.63, 3.8) is 0 Å². The van der Waals surface area contributed by atoms with Crippen molar-refractivity contribution in [2.24, 2.45) is 0 Å². The molecule has 3 heterocycles. The van der Waals surface area contributed by atoms with Crippen LogP contribution >= 0.6 is 0 Å². The van der Waals surface area contributed by atoms with Crippen molar-refractivity contribution in [3.8, 4) is 66.8 Å². The molecule has 6 amide bonds. The second kappa shape index (κ2) is 24.1. The Morgan fingerprint density at radius 3 is 0.910 bits per heavy atom. The Balaban J connectivity index is 0.000000112. The SMILES string of the molecule is CN1C(=O)c2cccc3c(-c4c5ccccc5c(-c5ccccc5)c5ccccc45)ccc(c23)C1=O.CN1C(=O)c2cccc3c(-c4ccc(-c5ccccc5)c5ccccc45)ccc(c23)C1=O.CN1C(=O)c2cccc3c(-c4ccc5cc(-c6ccccc6)ccc5c4)ccc(c23)C1=O. The van der Waals surface area contributed by atoms with Gasteiger partial charge in [-0.15, -0.1) is 0 Å². The number of carbonyl (C=O) groups excluding carboxylic acids is 6. The van der Waals surface area contributed by atoms with Crippen LogP contribution in [0.2, 0.25) is 0 Å². The number of carbonyl (C=O) groups is 6. The van der Waals surface area contributed by atoms with E-state index in [0.717, 1.165) is 87.2 Å². The van der Waals surface area contributed by atoms with E-state index >= 15 is 0 Å². The van der Waals surface area contributed by atoms with E-state index in [1.54, 1.807) is 19.2 Å². The molecule has 0 radical (unpaired) electrons. The molecule has 3 aliphatic rings. The topological polar surface area (TPSA) is 112 Å². The third-order valence-electron chi connectivity index (χ3n) is 20.2. The smallest absolute Gasteiger partial charge is 0.261 e. The van der Waals surface area contributed by atoms with Gasteiger partial charge in [0, 0.05) is 70.7 Å². The largest absolute Gasteiger partial charge is 0.277 e. The standard InChI is InChI=1S/C33H21NO2.2C29H19NO2/c1-34-32(35)27-17-9-16-25-26(18-19-28(31(25)27)33(34)36)30-23-14-7-5-12-21(23)29(20-10-3-2-4-11-20)22-13-6-8-15-24(22)30;1-30-28(31)25-13-7-12-24-23(16-17-26(27(24)25)29(30)32)22-15-14-19(18-8-3-2-4-9-18)20-10-5-6-11-21(20)22;1-30-28(31)25-9-5-8-24-23(14-15-26(27(24)25)29(30)32)22-13-12-20-16-19(10-11-21(20)17-22)18-6-3-2-4-7-18/h2-19H,1H3;2*2-17H,1H3. The molecule has 0 unspecified atom stereocenters. The summed E-state index contributed by atoms with van der Waals surface area (Å²) in [4.78, 5) is 80.5. The van der Waals surface area contributed by atoms with Gasteiger partial charge in [0.2, 0.25) is 0 Å². The van der Waals surface area contributed by atoms with Gasteiger partial charge in [0.05, 0.1) is 0 Å². The van der Waals surface area contributed by atoms with E-state index in [9.17, 15) is 28.8 Å². The zero-order valence-corrected chi connectivity index (χ0v) is 54.7. The summed E-state index contributed by atoms with van der Waals surface area (Å²) in [7, 11) is 4.62. The van der Waals surface area contributed by atoms with Gasteiger partial charge in [-0.25, -0.2) is 0 Å². The fraction of sp³-hybridized carbons (Fsp3) is 0.0330. The molecule has 19 rings (SSSR count). The lowest BCUT2D eigenvalue weighted by atomic mass is 9.83. The highest BCUT2D eigenvalue weighted by Gasteiger charge is 2.34. The van der Waals surface area contributed by atoms with Crippen molar-refractivity contribution < 1.29 is 28.8 Å². The lowest BCUT2D eigenvalue weighted by Gasteiger charge is -2.25. The summed E-state index contributed by atoms with van der Waals surface area (Å²) in [6.07, 6.45) is 0. The van der Waals surface area contributed by atoms with E-state index < -0.39 is 0 Å². The first-order valence-electron chi connectivity index (χ1n) is 33.2. The molecule has 0 fully saturated rings. The van der Waals surface area contributed by atoms with Crippen LogP contribution in [0, 0.1) is 0 Å². The number of imide groups is 3. The molecule has 3 aliphatic heterocycles. The molecule has 0 bridgehead atoms. The molecule has 9 heteroatoms. The zero-order chi connectivity index (χ0) is 68.0. The van der Waals surface area contributed by atoms with Gasteiger partial charge in [0.1, 0.15) is 0 Å². The molecule has 16 aromatic carbocycles. The molecule has 9 nitrogen and oxygen atoms in total. The Labute approximate surface area is 575 Å². The molecule has 474 valence electrons. The Hall–Kier alpha value is -13.2. The van der Waals surface area contributed by atoms with Crippen LogP contribution in [0.4, 0.5) is 0 Å². The number of amides is 6. The van der Waals surface area contributed by atoms with Crippen LogP contribution in [0.25, 0.3) is 142 Å². The maximum absolute atomic E-state index is 13.0. The van der Waals surface area contributed by atoms with Crippen molar-refractivity contribution in [2.45, 2.75) is 0 Å². The summed E-state index contributed by atoms with van der Waals surface area (Å²) < 4.78 is 0. The van der Waals surface area contributed by atoms with Crippen molar-refractivity contribution in [2.75, 3.05) is 21.1 Å². The fourth-order valence-corrected chi connectivity index (χ4v) is 15.3. The van der Waals surface area contributed by atoms with Gasteiger partial charge in [0.25, 0.3) is 35.4 Å². The Morgan fingerprint density at radius 2 is 0.460 bits per heavy atom. The molecule has 0 spiro atoms. The number of benzene rings is 16. The van der Waals surface area contributed by atoms with Crippen molar-refractivity contribution in [1.82, 2.24) is 14.7 Å². The van der Waals surface area contributed by atoms with Gasteiger partial charge >= 0.3 is 0 Å². The lowest BCUT2D eigenvalue weighted by Crippen LogP contribution is -2.36.